The average Bonchev–Trinajstić information content (AvgIpc) is 3.12. The highest BCUT2D eigenvalue weighted by Crippen LogP contribution is 2.34. The Morgan fingerprint density at radius 1 is 1.36 bits per heavy atom. The van der Waals surface area contributed by atoms with E-state index in [2.05, 4.69) is 31.6 Å². The van der Waals surface area contributed by atoms with Crippen LogP contribution in [0.4, 0.5) is 5.69 Å². The number of nitrogens with one attached hydrogen (secondary N) is 1. The summed E-state index contributed by atoms with van der Waals surface area (Å²) in [6, 6.07) is 7.50. The van der Waals surface area contributed by atoms with Crippen LogP contribution < -0.4 is 4.72 Å². The minimum absolute atomic E-state index is 0.324. The molecule has 1 aliphatic heterocycles. The van der Waals surface area contributed by atoms with Crippen LogP contribution in [0.25, 0.3) is 0 Å². The minimum atomic E-state index is -3.57. The lowest BCUT2D eigenvalue weighted by Gasteiger charge is -2.14. The molecule has 25 heavy (non-hydrogen) atoms. The molecule has 0 saturated heterocycles. The van der Waals surface area contributed by atoms with Crippen LogP contribution in [0.3, 0.4) is 0 Å². The number of halogens is 1. The minimum Gasteiger partial charge on any atom is -0.385 e. The summed E-state index contributed by atoms with van der Waals surface area (Å²) in [4.78, 5) is 2.31. The molecule has 3 rings (SSSR count). The van der Waals surface area contributed by atoms with Gasteiger partial charge in [0.2, 0.25) is 0 Å². The number of sulfonamides is 1. The number of thiophene rings is 1. The van der Waals surface area contributed by atoms with Gasteiger partial charge in [0.15, 0.2) is 0 Å². The van der Waals surface area contributed by atoms with Crippen LogP contribution in [0.5, 0.6) is 0 Å². The van der Waals surface area contributed by atoms with Gasteiger partial charge in [-0.15, -0.1) is 11.3 Å². The van der Waals surface area contributed by atoms with Crippen molar-refractivity contribution < 1.29 is 13.2 Å². The van der Waals surface area contributed by atoms with Gasteiger partial charge in [0.1, 0.15) is 4.21 Å². The molecular weight excluding hydrogens is 424 g/mol. The van der Waals surface area contributed by atoms with Gasteiger partial charge in [-0.2, -0.15) is 0 Å². The summed E-state index contributed by atoms with van der Waals surface area (Å²) in [6.45, 7) is 5.16. The molecule has 1 aliphatic rings. The number of hydrogen-bond donors (Lipinski definition) is 1. The normalized spacial score (nSPS) is 14.7. The third kappa shape index (κ3) is 4.25. The highest BCUT2D eigenvalue weighted by atomic mass is 79.9. The van der Waals surface area contributed by atoms with Crippen LogP contribution in [-0.2, 0) is 27.8 Å². The summed E-state index contributed by atoms with van der Waals surface area (Å²) in [5.41, 5.74) is 3.85. The van der Waals surface area contributed by atoms with E-state index < -0.39 is 10.0 Å². The van der Waals surface area contributed by atoms with Crippen molar-refractivity contribution in [2.45, 2.75) is 30.6 Å². The van der Waals surface area contributed by atoms with E-state index in [1.54, 1.807) is 13.2 Å². The number of methoxy groups -OCH3 is 1. The van der Waals surface area contributed by atoms with E-state index in [0.29, 0.717) is 9.90 Å². The number of benzene rings is 1. The molecular formula is C17H21BrN2O3S2. The zero-order valence-corrected chi connectivity index (χ0v) is 17.4. The monoisotopic (exact) mass is 444 g/mol. The SMILES string of the molecule is COCCCN1Cc2cccc(NS(=O)(=O)c3cc(C)c(Br)s3)c2C1. The topological polar surface area (TPSA) is 58.6 Å². The zero-order chi connectivity index (χ0) is 18.0. The molecule has 136 valence electrons. The Morgan fingerprint density at radius 3 is 2.84 bits per heavy atom. The second kappa shape index (κ2) is 7.75. The lowest BCUT2D eigenvalue weighted by atomic mass is 10.1. The van der Waals surface area contributed by atoms with E-state index in [0.717, 1.165) is 47.6 Å². The Morgan fingerprint density at radius 2 is 2.16 bits per heavy atom. The number of ether oxygens (including phenoxy) is 1. The van der Waals surface area contributed by atoms with Gasteiger partial charge in [-0.25, -0.2) is 8.42 Å². The molecule has 1 aromatic carbocycles. The Balaban J connectivity index is 1.78. The van der Waals surface area contributed by atoms with Gasteiger partial charge in [-0.3, -0.25) is 9.62 Å². The Labute approximate surface area is 161 Å². The first-order valence-electron chi connectivity index (χ1n) is 8.01. The maximum atomic E-state index is 12.7. The molecule has 0 saturated carbocycles. The quantitative estimate of drug-likeness (QED) is 0.656. The molecule has 0 fully saturated rings. The van der Waals surface area contributed by atoms with Gasteiger partial charge in [0.25, 0.3) is 10.0 Å². The second-order valence-electron chi connectivity index (χ2n) is 6.13. The second-order valence-corrected chi connectivity index (χ2v) is 10.4. The lowest BCUT2D eigenvalue weighted by molar-refractivity contribution is 0.172. The van der Waals surface area contributed by atoms with Crippen molar-refractivity contribution in [3.63, 3.8) is 0 Å². The van der Waals surface area contributed by atoms with Gasteiger partial charge in [0.05, 0.1) is 9.47 Å². The van der Waals surface area contributed by atoms with Crippen molar-refractivity contribution in [1.82, 2.24) is 4.90 Å². The van der Waals surface area contributed by atoms with Crippen molar-refractivity contribution >= 4 is 43.0 Å². The summed E-state index contributed by atoms with van der Waals surface area (Å²) in [6.07, 6.45) is 0.966. The smallest absolute Gasteiger partial charge is 0.271 e. The van der Waals surface area contributed by atoms with Gasteiger partial charge >= 0.3 is 0 Å². The lowest BCUT2D eigenvalue weighted by Crippen LogP contribution is -2.19. The molecule has 0 bridgehead atoms. The molecule has 1 aromatic heterocycles. The maximum Gasteiger partial charge on any atom is 0.271 e. The van der Waals surface area contributed by atoms with Crippen molar-refractivity contribution in [2.24, 2.45) is 0 Å². The number of hydrogen-bond acceptors (Lipinski definition) is 5. The third-order valence-corrected chi connectivity index (χ3v) is 8.19. The van der Waals surface area contributed by atoms with E-state index in [-0.39, 0.29) is 0 Å². The van der Waals surface area contributed by atoms with Gasteiger partial charge in [-0.1, -0.05) is 12.1 Å². The number of aryl methyl sites for hydroxylation is 1. The van der Waals surface area contributed by atoms with E-state index in [1.807, 2.05) is 19.1 Å². The van der Waals surface area contributed by atoms with Crippen LogP contribution in [0, 0.1) is 6.92 Å². The maximum absolute atomic E-state index is 12.7. The van der Waals surface area contributed by atoms with E-state index >= 15 is 0 Å². The molecule has 1 N–H and O–H groups in total. The first-order valence-corrected chi connectivity index (χ1v) is 11.1. The molecule has 2 aromatic rings. The number of rotatable bonds is 7. The van der Waals surface area contributed by atoms with Crippen molar-refractivity contribution in [1.29, 1.82) is 0 Å². The van der Waals surface area contributed by atoms with Crippen LogP contribution in [0.15, 0.2) is 32.3 Å². The highest BCUT2D eigenvalue weighted by Gasteiger charge is 2.25. The van der Waals surface area contributed by atoms with Gasteiger partial charge in [0, 0.05) is 33.4 Å². The number of anilines is 1. The molecule has 0 radical (unpaired) electrons. The predicted octanol–water partition coefficient (Wildman–Crippen LogP) is 3.97. The summed E-state index contributed by atoms with van der Waals surface area (Å²) in [5.74, 6) is 0. The summed E-state index contributed by atoms with van der Waals surface area (Å²) < 4.78 is 34.5. The fourth-order valence-corrected chi connectivity index (χ4v) is 6.25. The Hall–Kier alpha value is -0.930. The fourth-order valence-electron chi connectivity index (χ4n) is 2.94. The molecule has 8 heteroatoms. The predicted molar refractivity (Wildman–Crippen MR) is 105 cm³/mol. The van der Waals surface area contributed by atoms with Crippen LogP contribution in [0.1, 0.15) is 23.1 Å². The van der Waals surface area contributed by atoms with Crippen molar-refractivity contribution in [3.05, 3.63) is 44.7 Å². The molecule has 0 atom stereocenters. The molecule has 2 heterocycles. The summed E-state index contributed by atoms with van der Waals surface area (Å²) in [7, 11) is -1.87. The Bertz CT molecular complexity index is 845. The standard InChI is InChI=1S/C17H21BrN2O3S2/c1-12-9-16(24-17(12)18)25(21,22)19-15-6-3-5-13-10-20(11-14(13)15)7-4-8-23-2/h3,5-6,9,19H,4,7-8,10-11H2,1-2H3. The van der Waals surface area contributed by atoms with E-state index in [4.69, 9.17) is 4.74 Å². The van der Waals surface area contributed by atoms with E-state index in [9.17, 15) is 8.42 Å². The Kier molecular flexibility index (Phi) is 5.85. The fraction of sp³-hybridized carbons (Fsp3) is 0.412. The van der Waals surface area contributed by atoms with Crippen molar-refractivity contribution in [2.75, 3.05) is 25.0 Å². The number of nitrogens with zero attached hydrogens (tertiary/aromatic N) is 1. The zero-order valence-electron chi connectivity index (χ0n) is 14.2. The highest BCUT2D eigenvalue weighted by molar-refractivity contribution is 9.11. The molecule has 0 aliphatic carbocycles. The van der Waals surface area contributed by atoms with Gasteiger partial charge < -0.3 is 4.74 Å². The molecule has 0 unspecified atom stereocenters. The molecule has 0 spiro atoms. The first-order chi connectivity index (χ1) is 11.9. The first kappa shape index (κ1) is 18.8. The molecule has 0 amide bonds. The summed E-state index contributed by atoms with van der Waals surface area (Å²) >= 11 is 4.62. The average molecular weight is 445 g/mol. The van der Waals surface area contributed by atoms with Crippen LogP contribution >= 0.6 is 27.3 Å². The summed E-state index contributed by atoms with van der Waals surface area (Å²) in [5, 5.41) is 0. The third-order valence-electron chi connectivity index (χ3n) is 4.22. The largest absolute Gasteiger partial charge is 0.385 e. The van der Waals surface area contributed by atoms with Crippen molar-refractivity contribution in [3.8, 4) is 0 Å². The molecule has 5 nitrogen and oxygen atoms in total. The number of fused-ring (bicyclic) bond motifs is 1. The van der Waals surface area contributed by atoms with Gasteiger partial charge in [-0.05, 0) is 58.1 Å². The van der Waals surface area contributed by atoms with E-state index in [1.165, 1.54) is 16.9 Å². The van der Waals surface area contributed by atoms with Crippen LogP contribution in [-0.4, -0.2) is 33.6 Å². The van der Waals surface area contributed by atoms with Crippen LogP contribution in [0.2, 0.25) is 0 Å².